The SMILES string of the molecule is COc1cc(/C=C2/NC(=O)N(Cc3ccccc3F)C2=O)cc(Cl)c1OCc1ccc(Cl)cc1Cl. The van der Waals surface area contributed by atoms with Crippen molar-refractivity contribution < 1.29 is 23.5 Å². The van der Waals surface area contributed by atoms with Crippen molar-refractivity contribution >= 4 is 52.8 Å². The van der Waals surface area contributed by atoms with Gasteiger partial charge in [0, 0.05) is 21.2 Å². The highest BCUT2D eigenvalue weighted by Gasteiger charge is 2.34. The monoisotopic (exact) mass is 534 g/mol. The molecule has 3 amide bonds. The van der Waals surface area contributed by atoms with Crippen LogP contribution in [0, 0.1) is 5.82 Å². The molecule has 1 aliphatic rings. The molecule has 1 fully saturated rings. The molecular formula is C25H18Cl3FN2O4. The molecule has 1 N–H and O–H groups in total. The molecule has 0 saturated carbocycles. The van der Waals surface area contributed by atoms with E-state index >= 15 is 0 Å². The van der Waals surface area contributed by atoms with Crippen LogP contribution < -0.4 is 14.8 Å². The predicted molar refractivity (Wildman–Crippen MR) is 132 cm³/mol. The zero-order valence-corrected chi connectivity index (χ0v) is 20.5. The standard InChI is InChI=1S/C25H18Cl3FN2O4/c1-34-22-10-14(8-19(28)23(22)35-13-16-6-7-17(26)11-18(16)27)9-21-24(32)31(25(33)30-21)12-15-4-2-3-5-20(15)29/h2-11H,12-13H2,1H3,(H,30,33)/b21-9+. The molecule has 0 bridgehead atoms. The Bertz CT molecular complexity index is 1350. The van der Waals surface area contributed by atoms with Gasteiger partial charge in [-0.3, -0.25) is 9.69 Å². The number of benzene rings is 3. The third kappa shape index (κ3) is 5.53. The third-order valence-electron chi connectivity index (χ3n) is 5.20. The number of carbonyl (C=O) groups is 2. The molecule has 0 aromatic heterocycles. The van der Waals surface area contributed by atoms with Crippen LogP contribution in [0.1, 0.15) is 16.7 Å². The zero-order chi connectivity index (χ0) is 25.1. The number of hydrogen-bond acceptors (Lipinski definition) is 4. The highest BCUT2D eigenvalue weighted by atomic mass is 35.5. The second kappa shape index (κ2) is 10.6. The zero-order valence-electron chi connectivity index (χ0n) is 18.3. The van der Waals surface area contributed by atoms with E-state index in [9.17, 15) is 14.0 Å². The summed E-state index contributed by atoms with van der Waals surface area (Å²) in [6.07, 6.45) is 1.45. The number of rotatable bonds is 7. The van der Waals surface area contributed by atoms with E-state index in [1.165, 1.54) is 31.4 Å². The van der Waals surface area contributed by atoms with Crippen LogP contribution in [0.2, 0.25) is 15.1 Å². The molecule has 4 rings (SSSR count). The number of halogens is 4. The third-order valence-corrected chi connectivity index (χ3v) is 6.07. The van der Waals surface area contributed by atoms with Gasteiger partial charge in [0.2, 0.25) is 0 Å². The fourth-order valence-corrected chi connectivity index (χ4v) is 4.17. The lowest BCUT2D eigenvalue weighted by Gasteiger charge is -2.14. The summed E-state index contributed by atoms with van der Waals surface area (Å²) in [4.78, 5) is 26.1. The second-order valence-electron chi connectivity index (χ2n) is 7.53. The fourth-order valence-electron chi connectivity index (χ4n) is 3.43. The minimum atomic E-state index is -0.651. The van der Waals surface area contributed by atoms with Crippen LogP contribution >= 0.6 is 34.8 Å². The first-order valence-corrected chi connectivity index (χ1v) is 11.4. The Morgan fingerprint density at radius 2 is 1.77 bits per heavy atom. The van der Waals surface area contributed by atoms with Gasteiger partial charge in [-0.25, -0.2) is 9.18 Å². The topological polar surface area (TPSA) is 67.9 Å². The van der Waals surface area contributed by atoms with Gasteiger partial charge in [0.25, 0.3) is 5.91 Å². The van der Waals surface area contributed by atoms with Crippen LogP contribution in [0.5, 0.6) is 11.5 Å². The molecule has 3 aromatic rings. The van der Waals surface area contributed by atoms with E-state index in [1.54, 1.807) is 36.4 Å². The first kappa shape index (κ1) is 24.9. The molecule has 0 unspecified atom stereocenters. The molecule has 6 nitrogen and oxygen atoms in total. The highest BCUT2D eigenvalue weighted by Crippen LogP contribution is 2.38. The Morgan fingerprint density at radius 3 is 2.49 bits per heavy atom. The Morgan fingerprint density at radius 1 is 1.00 bits per heavy atom. The van der Waals surface area contributed by atoms with Crippen LogP contribution in [0.4, 0.5) is 9.18 Å². The van der Waals surface area contributed by atoms with Crippen LogP contribution in [0.25, 0.3) is 6.08 Å². The summed E-state index contributed by atoms with van der Waals surface area (Å²) < 4.78 is 25.2. The van der Waals surface area contributed by atoms with Gasteiger partial charge in [0.05, 0.1) is 18.7 Å². The summed E-state index contributed by atoms with van der Waals surface area (Å²) in [5.74, 6) is -0.497. The largest absolute Gasteiger partial charge is 0.493 e. The lowest BCUT2D eigenvalue weighted by Crippen LogP contribution is -2.30. The number of nitrogens with zero attached hydrogens (tertiary/aromatic N) is 1. The van der Waals surface area contributed by atoms with Gasteiger partial charge in [-0.2, -0.15) is 0 Å². The predicted octanol–water partition coefficient (Wildman–Crippen LogP) is 6.47. The molecule has 3 aromatic carbocycles. The molecule has 0 atom stereocenters. The van der Waals surface area contributed by atoms with E-state index in [4.69, 9.17) is 44.3 Å². The lowest BCUT2D eigenvalue weighted by atomic mass is 10.1. The Balaban J connectivity index is 1.54. The Kier molecular flexibility index (Phi) is 7.50. The molecule has 1 heterocycles. The first-order valence-electron chi connectivity index (χ1n) is 10.3. The van der Waals surface area contributed by atoms with E-state index in [0.29, 0.717) is 26.9 Å². The summed E-state index contributed by atoms with van der Waals surface area (Å²) >= 11 is 18.6. The van der Waals surface area contributed by atoms with Gasteiger partial charge in [-0.15, -0.1) is 0 Å². The second-order valence-corrected chi connectivity index (χ2v) is 8.78. The molecule has 1 saturated heterocycles. The summed E-state index contributed by atoms with van der Waals surface area (Å²) in [7, 11) is 1.45. The van der Waals surface area contributed by atoms with E-state index in [-0.39, 0.29) is 35.2 Å². The summed E-state index contributed by atoms with van der Waals surface area (Å²) in [5, 5.41) is 3.69. The van der Waals surface area contributed by atoms with E-state index in [2.05, 4.69) is 5.32 Å². The smallest absolute Gasteiger partial charge is 0.329 e. The number of amides is 3. The normalized spacial score (nSPS) is 14.4. The quantitative estimate of drug-likeness (QED) is 0.278. The minimum Gasteiger partial charge on any atom is -0.493 e. The minimum absolute atomic E-state index is 0.0195. The molecule has 10 heteroatoms. The van der Waals surface area contributed by atoms with Crippen molar-refractivity contribution in [3.8, 4) is 11.5 Å². The van der Waals surface area contributed by atoms with Crippen molar-refractivity contribution in [2.45, 2.75) is 13.2 Å². The fraction of sp³-hybridized carbons (Fsp3) is 0.120. The van der Waals surface area contributed by atoms with Crippen LogP contribution in [0.3, 0.4) is 0 Å². The summed E-state index contributed by atoms with van der Waals surface area (Å²) in [6, 6.07) is 13.5. The van der Waals surface area contributed by atoms with Gasteiger partial charge < -0.3 is 14.8 Å². The molecule has 0 spiro atoms. The number of urea groups is 1. The first-order chi connectivity index (χ1) is 16.8. The number of imide groups is 1. The lowest BCUT2D eigenvalue weighted by molar-refractivity contribution is -0.123. The summed E-state index contributed by atoms with van der Waals surface area (Å²) in [6.45, 7) is -0.0785. The van der Waals surface area contributed by atoms with Gasteiger partial charge in [-0.05, 0) is 42.0 Å². The molecule has 35 heavy (non-hydrogen) atoms. The maximum absolute atomic E-state index is 14.0. The van der Waals surface area contributed by atoms with Crippen molar-refractivity contribution in [1.29, 1.82) is 0 Å². The number of nitrogens with one attached hydrogen (secondary N) is 1. The molecule has 0 aliphatic carbocycles. The van der Waals surface area contributed by atoms with Gasteiger partial charge >= 0.3 is 6.03 Å². The van der Waals surface area contributed by atoms with E-state index in [0.717, 1.165) is 4.90 Å². The van der Waals surface area contributed by atoms with E-state index in [1.807, 2.05) is 0 Å². The van der Waals surface area contributed by atoms with Crippen LogP contribution in [-0.2, 0) is 17.9 Å². The number of carbonyl (C=O) groups excluding carboxylic acids is 2. The van der Waals surface area contributed by atoms with Crippen molar-refractivity contribution in [3.63, 3.8) is 0 Å². The average Bonchev–Trinajstić information content (AvgIpc) is 3.07. The summed E-state index contributed by atoms with van der Waals surface area (Å²) in [5.41, 5.74) is 1.44. The van der Waals surface area contributed by atoms with Gasteiger partial charge in [0.1, 0.15) is 18.1 Å². The molecule has 180 valence electrons. The van der Waals surface area contributed by atoms with Crippen LogP contribution in [-0.4, -0.2) is 23.9 Å². The van der Waals surface area contributed by atoms with E-state index < -0.39 is 17.8 Å². The number of hydrogen-bond donors (Lipinski definition) is 1. The molecule has 1 aliphatic heterocycles. The molecule has 0 radical (unpaired) electrons. The van der Waals surface area contributed by atoms with Gasteiger partial charge in [-0.1, -0.05) is 59.1 Å². The van der Waals surface area contributed by atoms with Crippen LogP contribution in [0.15, 0.2) is 60.3 Å². The maximum Gasteiger partial charge on any atom is 0.329 e. The Hall–Kier alpha value is -3.26. The maximum atomic E-state index is 14.0. The average molecular weight is 536 g/mol. The molecular weight excluding hydrogens is 518 g/mol. The highest BCUT2D eigenvalue weighted by molar-refractivity contribution is 6.35. The number of methoxy groups -OCH3 is 1. The van der Waals surface area contributed by atoms with Crippen molar-refractivity contribution in [2.24, 2.45) is 0 Å². The van der Waals surface area contributed by atoms with Gasteiger partial charge in [0.15, 0.2) is 11.5 Å². The van der Waals surface area contributed by atoms with Crippen molar-refractivity contribution in [2.75, 3.05) is 7.11 Å². The van der Waals surface area contributed by atoms with Crippen molar-refractivity contribution in [3.05, 3.63) is 97.9 Å². The van der Waals surface area contributed by atoms with Crippen molar-refractivity contribution in [1.82, 2.24) is 10.2 Å². The number of ether oxygens (including phenoxy) is 2. The Labute approximate surface area is 215 Å².